The van der Waals surface area contributed by atoms with Gasteiger partial charge in [-0.3, -0.25) is 0 Å². The number of aromatic nitrogens is 1. The Kier molecular flexibility index (Phi) is 9.17. The van der Waals surface area contributed by atoms with Crippen molar-refractivity contribution in [2.75, 3.05) is 4.90 Å². The van der Waals surface area contributed by atoms with Gasteiger partial charge < -0.3 is 13.9 Å². The zero-order chi connectivity index (χ0) is 44.3. The van der Waals surface area contributed by atoms with Gasteiger partial charge in [0.1, 0.15) is 11.2 Å². The van der Waals surface area contributed by atoms with E-state index in [9.17, 15) is 0 Å². The largest absolute Gasteiger partial charge is 0.456 e. The number of hydrogen-bond acceptors (Lipinski definition) is 2. The molecule has 0 saturated carbocycles. The first-order valence-electron chi connectivity index (χ1n) is 22.9. The zero-order valence-corrected chi connectivity index (χ0v) is 36.6. The third kappa shape index (κ3) is 6.43. The van der Waals surface area contributed by atoms with Crippen LogP contribution in [0.25, 0.3) is 105 Å². The summed E-state index contributed by atoms with van der Waals surface area (Å²) < 4.78 is 8.88. The highest BCUT2D eigenvalue weighted by atomic mass is 16.3. The Labute approximate surface area is 388 Å². The molecule has 0 atom stereocenters. The van der Waals surface area contributed by atoms with Crippen molar-refractivity contribution < 1.29 is 4.42 Å². The normalized spacial score (nSPS) is 11.6. The van der Waals surface area contributed by atoms with Crippen LogP contribution in [0.5, 0.6) is 0 Å². The molecule has 0 aliphatic heterocycles. The van der Waals surface area contributed by atoms with E-state index in [4.69, 9.17) is 4.42 Å². The molecule has 13 rings (SSSR count). The molecule has 0 bridgehead atoms. The van der Waals surface area contributed by atoms with Crippen LogP contribution < -0.4 is 4.90 Å². The molecule has 3 nitrogen and oxygen atoms in total. The van der Waals surface area contributed by atoms with Gasteiger partial charge in [-0.1, -0.05) is 194 Å². The maximum absolute atomic E-state index is 6.49. The van der Waals surface area contributed by atoms with Crippen molar-refractivity contribution >= 4 is 71.6 Å². The molecule has 2 heterocycles. The first-order valence-corrected chi connectivity index (χ1v) is 22.9. The fourth-order valence-corrected chi connectivity index (χ4v) is 10.5. The molecule has 0 radical (unpaired) electrons. The summed E-state index contributed by atoms with van der Waals surface area (Å²) in [4.78, 5) is 2.47. The van der Waals surface area contributed by atoms with E-state index in [1.54, 1.807) is 0 Å². The van der Waals surface area contributed by atoms with E-state index in [2.05, 4.69) is 258 Å². The van der Waals surface area contributed by atoms with Gasteiger partial charge in [0.2, 0.25) is 0 Å². The molecule has 0 fully saturated rings. The maximum atomic E-state index is 6.49. The number of anilines is 3. The molecule has 2 aromatic heterocycles. The lowest BCUT2D eigenvalue weighted by molar-refractivity contribution is 0.669. The molecule has 0 N–H and O–H groups in total. The number of hydrogen-bond donors (Lipinski definition) is 0. The summed E-state index contributed by atoms with van der Waals surface area (Å²) in [6.07, 6.45) is 0. The van der Waals surface area contributed by atoms with Gasteiger partial charge in [0.05, 0.1) is 22.4 Å². The fraction of sp³-hybridized carbons (Fsp3) is 0. The lowest BCUT2D eigenvalue weighted by atomic mass is 9.90. The van der Waals surface area contributed by atoms with Gasteiger partial charge >= 0.3 is 0 Å². The topological polar surface area (TPSA) is 21.3 Å². The molecular formula is C64H42N2O. The second kappa shape index (κ2) is 16.0. The van der Waals surface area contributed by atoms with E-state index in [1.807, 2.05) is 6.07 Å². The van der Waals surface area contributed by atoms with E-state index in [0.717, 1.165) is 72.5 Å². The molecule has 314 valence electrons. The van der Waals surface area contributed by atoms with Gasteiger partial charge in [0.15, 0.2) is 0 Å². The maximum Gasteiger partial charge on any atom is 0.136 e. The number of furan rings is 1. The van der Waals surface area contributed by atoms with Crippen molar-refractivity contribution in [2.24, 2.45) is 0 Å². The van der Waals surface area contributed by atoms with Crippen molar-refractivity contribution in [1.29, 1.82) is 0 Å². The van der Waals surface area contributed by atoms with Gasteiger partial charge in [-0.25, -0.2) is 0 Å². The van der Waals surface area contributed by atoms with Crippen LogP contribution in [-0.2, 0) is 0 Å². The molecule has 0 aliphatic carbocycles. The van der Waals surface area contributed by atoms with E-state index in [1.165, 1.54) is 49.3 Å². The molecule has 0 spiro atoms. The minimum Gasteiger partial charge on any atom is -0.456 e. The average Bonchev–Trinajstić information content (AvgIpc) is 3.95. The van der Waals surface area contributed by atoms with Gasteiger partial charge in [0, 0.05) is 44.0 Å². The number of rotatable bonds is 8. The molecule has 0 saturated heterocycles. The van der Waals surface area contributed by atoms with Gasteiger partial charge in [-0.15, -0.1) is 0 Å². The molecule has 67 heavy (non-hydrogen) atoms. The number of fused-ring (bicyclic) bond motifs is 7. The highest BCUT2D eigenvalue weighted by molar-refractivity contribution is 6.15. The number of nitrogens with zero attached hydrogens (tertiary/aromatic N) is 2. The quantitative estimate of drug-likeness (QED) is 0.152. The summed E-state index contributed by atoms with van der Waals surface area (Å²) in [6.45, 7) is 0. The molecule has 3 heteroatoms. The van der Waals surface area contributed by atoms with Crippen LogP contribution in [0.3, 0.4) is 0 Å². The zero-order valence-electron chi connectivity index (χ0n) is 36.6. The van der Waals surface area contributed by atoms with Crippen molar-refractivity contribution in [3.05, 3.63) is 255 Å². The van der Waals surface area contributed by atoms with Crippen molar-refractivity contribution in [1.82, 2.24) is 4.57 Å². The predicted octanol–water partition coefficient (Wildman–Crippen LogP) is 18.0. The van der Waals surface area contributed by atoms with Crippen molar-refractivity contribution in [2.45, 2.75) is 0 Å². The Morgan fingerprint density at radius 3 is 1.63 bits per heavy atom. The summed E-state index contributed by atoms with van der Waals surface area (Å²) in [5.74, 6) is 0. The smallest absolute Gasteiger partial charge is 0.136 e. The number of benzene rings is 11. The lowest BCUT2D eigenvalue weighted by Gasteiger charge is -2.30. The van der Waals surface area contributed by atoms with Crippen LogP contribution in [0, 0.1) is 0 Å². The van der Waals surface area contributed by atoms with Gasteiger partial charge in [-0.2, -0.15) is 0 Å². The third-order valence-corrected chi connectivity index (χ3v) is 13.4. The second-order valence-electron chi connectivity index (χ2n) is 17.2. The van der Waals surface area contributed by atoms with Crippen LogP contribution in [0.2, 0.25) is 0 Å². The van der Waals surface area contributed by atoms with Gasteiger partial charge in [0.25, 0.3) is 0 Å². The van der Waals surface area contributed by atoms with E-state index >= 15 is 0 Å². The molecule has 0 unspecified atom stereocenters. The summed E-state index contributed by atoms with van der Waals surface area (Å²) in [5, 5.41) is 7.10. The third-order valence-electron chi connectivity index (χ3n) is 13.4. The first kappa shape index (κ1) is 38.5. The van der Waals surface area contributed by atoms with Crippen LogP contribution in [0.4, 0.5) is 17.1 Å². The number of para-hydroxylation sites is 5. The monoisotopic (exact) mass is 854 g/mol. The van der Waals surface area contributed by atoms with Gasteiger partial charge in [-0.05, 0) is 105 Å². The van der Waals surface area contributed by atoms with Crippen LogP contribution in [-0.4, -0.2) is 4.57 Å². The highest BCUT2D eigenvalue weighted by Gasteiger charge is 2.24. The van der Waals surface area contributed by atoms with E-state index < -0.39 is 0 Å². The molecule has 0 aliphatic rings. The van der Waals surface area contributed by atoms with Crippen LogP contribution >= 0.6 is 0 Å². The fourth-order valence-electron chi connectivity index (χ4n) is 10.5. The summed E-state index contributed by atoms with van der Waals surface area (Å²) in [5.41, 5.74) is 17.7. The predicted molar refractivity (Wildman–Crippen MR) is 282 cm³/mol. The highest BCUT2D eigenvalue weighted by Crippen LogP contribution is 2.49. The molecule has 0 amide bonds. The Bertz CT molecular complexity index is 3990. The summed E-state index contributed by atoms with van der Waals surface area (Å²) >= 11 is 0. The van der Waals surface area contributed by atoms with Crippen LogP contribution in [0.1, 0.15) is 0 Å². The Morgan fingerprint density at radius 1 is 0.313 bits per heavy atom. The van der Waals surface area contributed by atoms with E-state index in [-0.39, 0.29) is 0 Å². The Morgan fingerprint density at radius 2 is 0.851 bits per heavy atom. The Hall–Kier alpha value is -8.92. The minimum absolute atomic E-state index is 0.870. The van der Waals surface area contributed by atoms with Crippen molar-refractivity contribution in [3.8, 4) is 50.2 Å². The molecular weight excluding hydrogens is 813 g/mol. The van der Waals surface area contributed by atoms with E-state index in [0.29, 0.717) is 0 Å². The van der Waals surface area contributed by atoms with Crippen LogP contribution in [0.15, 0.2) is 259 Å². The summed E-state index contributed by atoms with van der Waals surface area (Å²) in [6, 6.07) is 92.1. The molecule has 13 aromatic rings. The standard InChI is InChI=1S/C64H42N2O/c1-3-19-43(20-4-1)49-31-16-21-44-22-17-32-54(63(44)49)51-28-8-12-35-58(51)66(59-36-13-9-29-52(59)55-33-18-38-62-64(55)56-30-10-14-37-61(56)67-62)48-26-15-23-45(41-48)46-39-40-53-50-27-7-11-34-57(50)65(60(53)42-46)47-24-5-2-6-25-47/h1-42H. The summed E-state index contributed by atoms with van der Waals surface area (Å²) in [7, 11) is 0. The Balaban J connectivity index is 1.06. The second-order valence-corrected chi connectivity index (χ2v) is 17.2. The average molecular weight is 855 g/mol. The molecule has 11 aromatic carbocycles. The lowest BCUT2D eigenvalue weighted by Crippen LogP contribution is -2.12. The SMILES string of the molecule is c1ccc(-c2cccc3cccc(-c4ccccc4N(c4cccc(-c5ccc6c7ccccc7n(-c7ccccc7)c6c5)c4)c4ccccc4-c4cccc5oc6ccccc6c45)c23)cc1. The first-order chi connectivity index (χ1) is 33.3. The minimum atomic E-state index is 0.870. The van der Waals surface area contributed by atoms with Crippen molar-refractivity contribution in [3.63, 3.8) is 0 Å².